The van der Waals surface area contributed by atoms with Crippen molar-refractivity contribution in [2.75, 3.05) is 13.6 Å². The molecule has 0 bridgehead atoms. The van der Waals surface area contributed by atoms with Crippen LogP contribution in [0.5, 0.6) is 0 Å². The van der Waals surface area contributed by atoms with E-state index in [-0.39, 0.29) is 6.04 Å². The van der Waals surface area contributed by atoms with Gasteiger partial charge in [-0.2, -0.15) is 0 Å². The number of aryl methyl sites for hydroxylation is 2. The fourth-order valence-corrected chi connectivity index (χ4v) is 2.35. The molecule has 2 aromatic rings. The minimum Gasteiger partial charge on any atom is -0.465 e. The largest absolute Gasteiger partial charge is 0.465 e. The molecule has 2 rings (SSSR count). The molecule has 0 saturated carbocycles. The van der Waals surface area contributed by atoms with Gasteiger partial charge >= 0.3 is 0 Å². The summed E-state index contributed by atoms with van der Waals surface area (Å²) in [7, 11) is 2.08. The highest BCUT2D eigenvalue weighted by Gasteiger charge is 2.18. The standard InChI is InChI=1S/C16H22N2O/c1-12-5-4-6-14(9-12)11-18(3)15(10-17)16-8-7-13(2)19-16/h4-9,15H,10-11,17H2,1-3H3. The van der Waals surface area contributed by atoms with Gasteiger partial charge in [0.2, 0.25) is 0 Å². The van der Waals surface area contributed by atoms with E-state index in [2.05, 4.69) is 43.1 Å². The maximum atomic E-state index is 5.90. The first kappa shape index (κ1) is 13.8. The zero-order valence-electron chi connectivity index (χ0n) is 11.9. The lowest BCUT2D eigenvalue weighted by molar-refractivity contribution is 0.211. The van der Waals surface area contributed by atoms with E-state index in [1.165, 1.54) is 11.1 Å². The fraction of sp³-hybridized carbons (Fsp3) is 0.375. The highest BCUT2D eigenvalue weighted by Crippen LogP contribution is 2.22. The van der Waals surface area contributed by atoms with Gasteiger partial charge in [0.05, 0.1) is 6.04 Å². The van der Waals surface area contributed by atoms with Crippen molar-refractivity contribution in [3.8, 4) is 0 Å². The van der Waals surface area contributed by atoms with Crippen LogP contribution in [0.3, 0.4) is 0 Å². The molecule has 1 atom stereocenters. The van der Waals surface area contributed by atoms with E-state index in [1.54, 1.807) is 0 Å². The van der Waals surface area contributed by atoms with Crippen LogP contribution in [0.25, 0.3) is 0 Å². The molecule has 19 heavy (non-hydrogen) atoms. The van der Waals surface area contributed by atoms with Crippen molar-refractivity contribution in [3.63, 3.8) is 0 Å². The molecule has 0 aliphatic carbocycles. The second kappa shape index (κ2) is 6.04. The fourth-order valence-electron chi connectivity index (χ4n) is 2.35. The van der Waals surface area contributed by atoms with Gasteiger partial charge in [-0.15, -0.1) is 0 Å². The summed E-state index contributed by atoms with van der Waals surface area (Å²) in [6.45, 7) is 5.48. The summed E-state index contributed by atoms with van der Waals surface area (Å²) in [6, 6.07) is 12.7. The minimum absolute atomic E-state index is 0.120. The highest BCUT2D eigenvalue weighted by atomic mass is 16.3. The van der Waals surface area contributed by atoms with Crippen LogP contribution in [0.4, 0.5) is 0 Å². The van der Waals surface area contributed by atoms with Gasteiger partial charge in [-0.25, -0.2) is 0 Å². The first-order valence-corrected chi connectivity index (χ1v) is 6.62. The molecule has 0 amide bonds. The smallest absolute Gasteiger partial charge is 0.122 e. The van der Waals surface area contributed by atoms with Gasteiger partial charge in [-0.1, -0.05) is 29.8 Å². The van der Waals surface area contributed by atoms with Gasteiger partial charge < -0.3 is 10.2 Å². The summed E-state index contributed by atoms with van der Waals surface area (Å²) >= 11 is 0. The van der Waals surface area contributed by atoms with Gasteiger partial charge in [0, 0.05) is 13.1 Å². The van der Waals surface area contributed by atoms with E-state index in [0.29, 0.717) is 6.54 Å². The zero-order chi connectivity index (χ0) is 13.8. The van der Waals surface area contributed by atoms with E-state index < -0.39 is 0 Å². The summed E-state index contributed by atoms with van der Waals surface area (Å²) in [5.74, 6) is 1.87. The van der Waals surface area contributed by atoms with Crippen LogP contribution in [-0.2, 0) is 6.54 Å². The van der Waals surface area contributed by atoms with Crippen molar-refractivity contribution in [1.29, 1.82) is 0 Å². The van der Waals surface area contributed by atoms with Gasteiger partial charge in [0.15, 0.2) is 0 Å². The third kappa shape index (κ3) is 3.46. The summed E-state index contributed by atoms with van der Waals surface area (Å²) in [4.78, 5) is 2.23. The molecule has 3 nitrogen and oxygen atoms in total. The number of hydrogen-bond donors (Lipinski definition) is 1. The molecule has 1 aromatic carbocycles. The SMILES string of the molecule is Cc1cccc(CN(C)C(CN)c2ccc(C)o2)c1. The van der Waals surface area contributed by atoms with E-state index in [4.69, 9.17) is 10.2 Å². The van der Waals surface area contributed by atoms with Gasteiger partial charge in [-0.05, 0) is 38.6 Å². The Morgan fingerprint density at radius 2 is 2.00 bits per heavy atom. The maximum Gasteiger partial charge on any atom is 0.122 e. The van der Waals surface area contributed by atoms with Crippen molar-refractivity contribution in [3.05, 3.63) is 59.0 Å². The van der Waals surface area contributed by atoms with Crippen LogP contribution in [0.1, 0.15) is 28.7 Å². The van der Waals surface area contributed by atoms with E-state index >= 15 is 0 Å². The topological polar surface area (TPSA) is 42.4 Å². The molecule has 0 radical (unpaired) electrons. The van der Waals surface area contributed by atoms with Gasteiger partial charge in [0.25, 0.3) is 0 Å². The van der Waals surface area contributed by atoms with Crippen LogP contribution in [-0.4, -0.2) is 18.5 Å². The number of nitrogens with two attached hydrogens (primary N) is 1. The molecule has 0 saturated heterocycles. The second-order valence-corrected chi connectivity index (χ2v) is 5.10. The quantitative estimate of drug-likeness (QED) is 0.896. The third-order valence-corrected chi connectivity index (χ3v) is 3.36. The summed E-state index contributed by atoms with van der Waals surface area (Å²) in [5, 5.41) is 0. The van der Waals surface area contributed by atoms with Crippen LogP contribution in [0.15, 0.2) is 40.8 Å². The van der Waals surface area contributed by atoms with Crippen molar-refractivity contribution < 1.29 is 4.42 Å². The normalized spacial score (nSPS) is 12.9. The molecule has 0 aliphatic rings. The summed E-state index contributed by atoms with van der Waals surface area (Å²) in [5.41, 5.74) is 8.47. The van der Waals surface area contributed by atoms with E-state index in [9.17, 15) is 0 Å². The van der Waals surface area contributed by atoms with Crippen LogP contribution >= 0.6 is 0 Å². The van der Waals surface area contributed by atoms with Crippen molar-refractivity contribution in [2.45, 2.75) is 26.4 Å². The molecule has 1 unspecified atom stereocenters. The Balaban J connectivity index is 2.11. The lowest BCUT2D eigenvalue weighted by atomic mass is 10.1. The van der Waals surface area contributed by atoms with Crippen molar-refractivity contribution in [1.82, 2.24) is 4.90 Å². The van der Waals surface area contributed by atoms with Gasteiger partial charge in [-0.3, -0.25) is 4.90 Å². The Kier molecular flexibility index (Phi) is 4.40. The molecule has 2 N–H and O–H groups in total. The number of likely N-dealkylation sites (N-methyl/N-ethyl adjacent to an activating group) is 1. The number of hydrogen-bond acceptors (Lipinski definition) is 3. The van der Waals surface area contributed by atoms with E-state index in [1.807, 2.05) is 19.1 Å². The molecule has 0 spiro atoms. The van der Waals surface area contributed by atoms with Gasteiger partial charge in [0.1, 0.15) is 11.5 Å². The van der Waals surface area contributed by atoms with Crippen LogP contribution < -0.4 is 5.73 Å². The molecular weight excluding hydrogens is 236 g/mol. The number of benzene rings is 1. The Hall–Kier alpha value is -1.58. The number of furan rings is 1. The average Bonchev–Trinajstić information content (AvgIpc) is 2.76. The monoisotopic (exact) mass is 258 g/mol. The molecular formula is C16H22N2O. The predicted molar refractivity (Wildman–Crippen MR) is 77.9 cm³/mol. The average molecular weight is 258 g/mol. The number of nitrogens with zero attached hydrogens (tertiary/aromatic N) is 1. The van der Waals surface area contributed by atoms with Crippen molar-refractivity contribution in [2.24, 2.45) is 5.73 Å². The lowest BCUT2D eigenvalue weighted by Gasteiger charge is -2.25. The molecule has 0 fully saturated rings. The van der Waals surface area contributed by atoms with Crippen molar-refractivity contribution >= 4 is 0 Å². The summed E-state index contributed by atoms with van der Waals surface area (Å²) < 4.78 is 5.70. The molecule has 1 aromatic heterocycles. The predicted octanol–water partition coefficient (Wildman–Crippen LogP) is 3.03. The van der Waals surface area contributed by atoms with E-state index in [0.717, 1.165) is 18.1 Å². The third-order valence-electron chi connectivity index (χ3n) is 3.36. The Bertz CT molecular complexity index is 533. The molecule has 3 heteroatoms. The Morgan fingerprint density at radius 3 is 2.58 bits per heavy atom. The van der Waals surface area contributed by atoms with Crippen LogP contribution in [0, 0.1) is 13.8 Å². The van der Waals surface area contributed by atoms with Crippen LogP contribution in [0.2, 0.25) is 0 Å². The summed E-state index contributed by atoms with van der Waals surface area (Å²) in [6.07, 6.45) is 0. The Morgan fingerprint density at radius 1 is 1.21 bits per heavy atom. The molecule has 0 aliphatic heterocycles. The second-order valence-electron chi connectivity index (χ2n) is 5.10. The zero-order valence-corrected chi connectivity index (χ0v) is 11.9. The molecule has 102 valence electrons. The molecule has 1 heterocycles. The highest BCUT2D eigenvalue weighted by molar-refractivity contribution is 5.22. The minimum atomic E-state index is 0.120. The first-order chi connectivity index (χ1) is 9.10. The Labute approximate surface area is 115 Å². The maximum absolute atomic E-state index is 5.90. The number of rotatable bonds is 5. The first-order valence-electron chi connectivity index (χ1n) is 6.62. The lowest BCUT2D eigenvalue weighted by Crippen LogP contribution is -2.29.